The van der Waals surface area contributed by atoms with Crippen LogP contribution >= 0.6 is 0 Å². The van der Waals surface area contributed by atoms with Crippen molar-refractivity contribution in [1.82, 2.24) is 29.1 Å². The number of hydrogen-bond donors (Lipinski definition) is 1. The average molecular weight is 409 g/mol. The van der Waals surface area contributed by atoms with Gasteiger partial charge in [0.25, 0.3) is 11.1 Å². The molecule has 0 radical (unpaired) electrons. The highest BCUT2D eigenvalue weighted by Crippen LogP contribution is 2.29. The number of aryl methyl sites for hydroxylation is 3. The standard InChI is InChI=1S/C21H27N7O2/c1-26-12-16-19(25-26)23-21(27(2)20(16)30)22-14-7-9-15(10-8-14)28-18(29)11-13-5-3-4-6-17(13)24-28/h11-12,14-15H,3-10H2,1-2H3,(H,22,23,25). The minimum atomic E-state index is -0.103. The van der Waals surface area contributed by atoms with Crippen molar-refractivity contribution in [2.24, 2.45) is 14.1 Å². The molecule has 0 amide bonds. The quantitative estimate of drug-likeness (QED) is 0.707. The topological polar surface area (TPSA) is 99.6 Å². The number of fused-ring (bicyclic) bond motifs is 2. The van der Waals surface area contributed by atoms with Crippen LogP contribution in [0, 0.1) is 0 Å². The van der Waals surface area contributed by atoms with Crippen LogP contribution in [-0.4, -0.2) is 35.2 Å². The Bertz CT molecular complexity index is 1210. The molecule has 30 heavy (non-hydrogen) atoms. The highest BCUT2D eigenvalue weighted by Gasteiger charge is 2.26. The number of rotatable bonds is 3. The summed E-state index contributed by atoms with van der Waals surface area (Å²) in [6.45, 7) is 0. The fraction of sp³-hybridized carbons (Fsp3) is 0.571. The van der Waals surface area contributed by atoms with Crippen LogP contribution in [0.5, 0.6) is 0 Å². The minimum Gasteiger partial charge on any atom is -0.353 e. The molecule has 9 heteroatoms. The molecule has 0 saturated heterocycles. The lowest BCUT2D eigenvalue weighted by Crippen LogP contribution is -2.35. The summed E-state index contributed by atoms with van der Waals surface area (Å²) in [6, 6.07) is 2.14. The van der Waals surface area contributed by atoms with Gasteiger partial charge in [0.1, 0.15) is 5.39 Å². The molecule has 3 heterocycles. The third-order valence-electron chi connectivity index (χ3n) is 6.48. The molecule has 1 saturated carbocycles. The summed E-state index contributed by atoms with van der Waals surface area (Å²) in [5.74, 6) is 0.540. The molecule has 0 atom stereocenters. The van der Waals surface area contributed by atoms with E-state index < -0.39 is 0 Å². The Kier molecular flexibility index (Phi) is 4.67. The zero-order valence-electron chi connectivity index (χ0n) is 17.5. The number of hydrogen-bond acceptors (Lipinski definition) is 6. The predicted molar refractivity (Wildman–Crippen MR) is 114 cm³/mol. The molecule has 9 nitrogen and oxygen atoms in total. The molecule has 3 aromatic rings. The van der Waals surface area contributed by atoms with Gasteiger partial charge in [-0.15, -0.1) is 0 Å². The van der Waals surface area contributed by atoms with Crippen LogP contribution in [0.2, 0.25) is 0 Å². The molecule has 0 unspecified atom stereocenters. The number of anilines is 1. The van der Waals surface area contributed by atoms with Crippen molar-refractivity contribution in [3.63, 3.8) is 0 Å². The molecule has 3 aromatic heterocycles. The van der Waals surface area contributed by atoms with E-state index in [1.807, 2.05) is 0 Å². The maximum absolute atomic E-state index is 12.6. The van der Waals surface area contributed by atoms with Crippen molar-refractivity contribution < 1.29 is 0 Å². The lowest BCUT2D eigenvalue weighted by molar-refractivity contribution is 0.299. The first-order valence-electron chi connectivity index (χ1n) is 10.8. The van der Waals surface area contributed by atoms with Gasteiger partial charge in [0.15, 0.2) is 5.65 Å². The average Bonchev–Trinajstić information content (AvgIpc) is 3.12. The normalized spacial score (nSPS) is 21.5. The van der Waals surface area contributed by atoms with Gasteiger partial charge in [0.05, 0.1) is 11.7 Å². The number of nitrogens with one attached hydrogen (secondary N) is 1. The molecular weight excluding hydrogens is 382 g/mol. The Labute approximate surface area is 173 Å². The molecule has 2 aliphatic carbocycles. The van der Waals surface area contributed by atoms with E-state index in [-0.39, 0.29) is 23.2 Å². The van der Waals surface area contributed by atoms with Crippen LogP contribution in [0.3, 0.4) is 0 Å². The summed E-state index contributed by atoms with van der Waals surface area (Å²) >= 11 is 0. The van der Waals surface area contributed by atoms with E-state index in [0.29, 0.717) is 17.0 Å². The molecule has 0 bridgehead atoms. The summed E-state index contributed by atoms with van der Waals surface area (Å²) < 4.78 is 4.87. The molecule has 1 N–H and O–H groups in total. The van der Waals surface area contributed by atoms with Gasteiger partial charge in [-0.2, -0.15) is 15.2 Å². The summed E-state index contributed by atoms with van der Waals surface area (Å²) in [7, 11) is 3.51. The molecular formula is C21H27N7O2. The molecule has 0 aromatic carbocycles. The Balaban J connectivity index is 1.31. The van der Waals surface area contributed by atoms with E-state index in [1.54, 1.807) is 40.3 Å². The first-order valence-corrected chi connectivity index (χ1v) is 10.8. The Morgan fingerprint density at radius 1 is 1.03 bits per heavy atom. The summed E-state index contributed by atoms with van der Waals surface area (Å²) in [6.07, 6.45) is 9.49. The van der Waals surface area contributed by atoms with E-state index in [2.05, 4.69) is 15.4 Å². The molecule has 2 aliphatic rings. The zero-order chi connectivity index (χ0) is 20.8. The van der Waals surface area contributed by atoms with Crippen LogP contribution < -0.4 is 16.4 Å². The van der Waals surface area contributed by atoms with Crippen molar-refractivity contribution >= 4 is 17.0 Å². The van der Waals surface area contributed by atoms with Crippen molar-refractivity contribution in [3.05, 3.63) is 44.2 Å². The third-order valence-corrected chi connectivity index (χ3v) is 6.48. The van der Waals surface area contributed by atoms with Crippen molar-refractivity contribution in [2.45, 2.75) is 63.5 Å². The second kappa shape index (κ2) is 7.37. The molecule has 0 spiro atoms. The summed E-state index contributed by atoms with van der Waals surface area (Å²) in [5, 5.41) is 12.9. The lowest BCUT2D eigenvalue weighted by atomic mass is 9.91. The Hall–Kier alpha value is -2.97. The van der Waals surface area contributed by atoms with Crippen LogP contribution in [-0.2, 0) is 26.9 Å². The van der Waals surface area contributed by atoms with Crippen LogP contribution in [0.4, 0.5) is 5.95 Å². The summed E-state index contributed by atoms with van der Waals surface area (Å²) in [5.41, 5.74) is 2.62. The van der Waals surface area contributed by atoms with Gasteiger partial charge < -0.3 is 5.32 Å². The van der Waals surface area contributed by atoms with Gasteiger partial charge in [-0.1, -0.05) is 0 Å². The van der Waals surface area contributed by atoms with Gasteiger partial charge >= 0.3 is 0 Å². The smallest absolute Gasteiger partial charge is 0.267 e. The summed E-state index contributed by atoms with van der Waals surface area (Å²) in [4.78, 5) is 29.7. The fourth-order valence-corrected chi connectivity index (χ4v) is 4.78. The molecule has 5 rings (SSSR count). The van der Waals surface area contributed by atoms with Crippen molar-refractivity contribution in [2.75, 3.05) is 5.32 Å². The van der Waals surface area contributed by atoms with E-state index in [9.17, 15) is 9.59 Å². The lowest BCUT2D eigenvalue weighted by Gasteiger charge is -2.30. The van der Waals surface area contributed by atoms with E-state index in [0.717, 1.165) is 62.6 Å². The minimum absolute atomic E-state index is 0.0247. The molecule has 158 valence electrons. The molecule has 0 aliphatic heterocycles. The van der Waals surface area contributed by atoms with Gasteiger partial charge in [-0.25, -0.2) is 4.68 Å². The largest absolute Gasteiger partial charge is 0.353 e. The third kappa shape index (κ3) is 3.32. The first-order chi connectivity index (χ1) is 14.5. The van der Waals surface area contributed by atoms with Crippen LogP contribution in [0.15, 0.2) is 21.9 Å². The highest BCUT2D eigenvalue weighted by atomic mass is 16.1. The maximum atomic E-state index is 12.6. The van der Waals surface area contributed by atoms with Crippen molar-refractivity contribution in [3.8, 4) is 0 Å². The number of aromatic nitrogens is 6. The van der Waals surface area contributed by atoms with Crippen molar-refractivity contribution in [1.29, 1.82) is 0 Å². The predicted octanol–water partition coefficient (Wildman–Crippen LogP) is 1.70. The first kappa shape index (κ1) is 19.0. The Morgan fingerprint density at radius 3 is 2.60 bits per heavy atom. The molecule has 1 fully saturated rings. The van der Waals surface area contributed by atoms with E-state index >= 15 is 0 Å². The van der Waals surface area contributed by atoms with E-state index in [1.165, 1.54) is 0 Å². The second-order valence-electron chi connectivity index (χ2n) is 8.60. The van der Waals surface area contributed by atoms with Gasteiger partial charge in [-0.05, 0) is 56.9 Å². The van der Waals surface area contributed by atoms with Gasteiger partial charge in [0.2, 0.25) is 5.95 Å². The zero-order valence-corrected chi connectivity index (χ0v) is 17.5. The highest BCUT2D eigenvalue weighted by molar-refractivity contribution is 5.74. The Morgan fingerprint density at radius 2 is 1.80 bits per heavy atom. The number of nitrogens with zero attached hydrogens (tertiary/aromatic N) is 6. The second-order valence-corrected chi connectivity index (χ2v) is 8.60. The van der Waals surface area contributed by atoms with Crippen LogP contribution in [0.1, 0.15) is 55.8 Å². The van der Waals surface area contributed by atoms with Crippen LogP contribution in [0.25, 0.3) is 11.0 Å². The maximum Gasteiger partial charge on any atom is 0.267 e. The SMILES string of the molecule is Cn1cc2c(=O)n(C)c(NC3CCC(n4nc5c(cc4=O)CCCC5)CC3)nc2n1. The van der Waals surface area contributed by atoms with Gasteiger partial charge in [-0.3, -0.25) is 18.8 Å². The fourth-order valence-electron chi connectivity index (χ4n) is 4.78. The monoisotopic (exact) mass is 409 g/mol. The van der Waals surface area contributed by atoms with Gasteiger partial charge in [0, 0.05) is 32.4 Å². The van der Waals surface area contributed by atoms with E-state index in [4.69, 9.17) is 5.10 Å².